The van der Waals surface area contributed by atoms with Crippen LogP contribution in [0.5, 0.6) is 0 Å². The molecule has 12 heteroatoms. The third kappa shape index (κ3) is 6.50. The molecular weight excluding hydrogens is 597 g/mol. The number of imidazole rings is 1. The number of aryl methyl sites for hydroxylation is 2. The molecule has 3 aromatic heterocycles. The van der Waals surface area contributed by atoms with Crippen molar-refractivity contribution in [1.82, 2.24) is 34.1 Å². The summed E-state index contributed by atoms with van der Waals surface area (Å²) in [5.74, 6) is -0.886. The maximum atomic E-state index is 15.8. The number of rotatable bonds is 6. The molecule has 4 aromatic rings. The number of anilines is 2. The molecule has 11 nitrogen and oxygen atoms in total. The SMILES string of the molecule is Cc1cc(C(=O)Nc2nc3ccc(N4CCC(N5CCN(C)CC5)CC4)cc3n2C2CCC(C)(O)CC2)c(F)c(-c2cnn(C)c2)n1. The molecule has 0 spiro atoms. The number of fused-ring (bicyclic) bond motifs is 1. The Morgan fingerprint density at radius 1 is 0.979 bits per heavy atom. The number of hydrogen-bond acceptors (Lipinski definition) is 8. The van der Waals surface area contributed by atoms with Gasteiger partial charge < -0.3 is 19.5 Å². The lowest BCUT2D eigenvalue weighted by atomic mass is 9.83. The maximum absolute atomic E-state index is 15.8. The molecule has 7 rings (SSSR count). The molecule has 2 aliphatic heterocycles. The van der Waals surface area contributed by atoms with Crippen LogP contribution in [0.15, 0.2) is 36.7 Å². The molecule has 47 heavy (non-hydrogen) atoms. The van der Waals surface area contributed by atoms with Crippen LogP contribution in [-0.2, 0) is 7.05 Å². The number of amides is 1. The van der Waals surface area contributed by atoms with Crippen molar-refractivity contribution in [2.45, 2.75) is 70.1 Å². The van der Waals surface area contributed by atoms with Crippen LogP contribution in [0.1, 0.15) is 67.5 Å². The molecule has 1 saturated carbocycles. The summed E-state index contributed by atoms with van der Waals surface area (Å²) in [4.78, 5) is 30.6. The zero-order valence-electron chi connectivity index (χ0n) is 27.9. The third-order valence-electron chi connectivity index (χ3n) is 10.5. The minimum atomic E-state index is -0.712. The summed E-state index contributed by atoms with van der Waals surface area (Å²) in [5, 5.41) is 17.8. The van der Waals surface area contributed by atoms with Gasteiger partial charge in [-0.25, -0.2) is 14.4 Å². The first-order chi connectivity index (χ1) is 22.5. The number of likely N-dealkylation sites (N-methyl/N-ethyl adjacent to an activating group) is 1. The summed E-state index contributed by atoms with van der Waals surface area (Å²) < 4.78 is 19.5. The fourth-order valence-corrected chi connectivity index (χ4v) is 7.62. The van der Waals surface area contributed by atoms with E-state index in [0.29, 0.717) is 36.1 Å². The fourth-order valence-electron chi connectivity index (χ4n) is 7.62. The van der Waals surface area contributed by atoms with Crippen LogP contribution in [0, 0.1) is 12.7 Å². The number of piperidine rings is 1. The van der Waals surface area contributed by atoms with Gasteiger partial charge >= 0.3 is 0 Å². The summed E-state index contributed by atoms with van der Waals surface area (Å²) in [6.45, 7) is 10.2. The zero-order chi connectivity index (χ0) is 32.9. The number of pyridine rings is 1. The lowest BCUT2D eigenvalue weighted by molar-refractivity contribution is 0.0106. The number of piperazine rings is 1. The number of aromatic nitrogens is 5. The summed E-state index contributed by atoms with van der Waals surface area (Å²) in [5.41, 5.74) is 3.18. The van der Waals surface area contributed by atoms with E-state index in [1.54, 1.807) is 24.9 Å². The summed E-state index contributed by atoms with van der Waals surface area (Å²) in [6, 6.07) is 8.47. The van der Waals surface area contributed by atoms with E-state index in [1.807, 2.05) is 13.0 Å². The van der Waals surface area contributed by atoms with Gasteiger partial charge in [-0.2, -0.15) is 5.10 Å². The zero-order valence-corrected chi connectivity index (χ0v) is 27.9. The van der Waals surface area contributed by atoms with Gasteiger partial charge in [-0.1, -0.05) is 0 Å². The summed E-state index contributed by atoms with van der Waals surface area (Å²) >= 11 is 0. The monoisotopic (exact) mass is 643 g/mol. The second kappa shape index (κ2) is 12.6. The van der Waals surface area contributed by atoms with Crippen LogP contribution in [0.25, 0.3) is 22.3 Å². The van der Waals surface area contributed by atoms with Gasteiger partial charge in [0, 0.05) is 81.5 Å². The number of nitrogens with zero attached hydrogens (tertiary/aromatic N) is 8. The lowest BCUT2D eigenvalue weighted by Crippen LogP contribution is -2.52. The highest BCUT2D eigenvalue weighted by molar-refractivity contribution is 6.05. The van der Waals surface area contributed by atoms with Gasteiger partial charge in [-0.05, 0) is 83.7 Å². The average Bonchev–Trinajstić information content (AvgIpc) is 3.65. The van der Waals surface area contributed by atoms with Gasteiger partial charge in [0.15, 0.2) is 5.82 Å². The van der Waals surface area contributed by atoms with Crippen molar-refractivity contribution in [3.8, 4) is 11.3 Å². The van der Waals surface area contributed by atoms with Crippen LogP contribution in [0.4, 0.5) is 16.0 Å². The molecule has 2 saturated heterocycles. The average molecular weight is 644 g/mol. The Morgan fingerprint density at radius 3 is 2.38 bits per heavy atom. The molecule has 0 bridgehead atoms. The minimum Gasteiger partial charge on any atom is -0.390 e. The predicted molar refractivity (Wildman–Crippen MR) is 181 cm³/mol. The van der Waals surface area contributed by atoms with Gasteiger partial charge in [0.25, 0.3) is 5.91 Å². The quantitative estimate of drug-likeness (QED) is 0.314. The Bertz CT molecular complexity index is 1760. The summed E-state index contributed by atoms with van der Waals surface area (Å²) in [6.07, 6.45) is 8.28. The van der Waals surface area contributed by atoms with Crippen LogP contribution in [-0.4, -0.2) is 103 Å². The Kier molecular flexibility index (Phi) is 8.52. The standard InChI is InChI=1S/C35H46FN9O2/c1-23-19-28(31(36)32(38-23)24-21-37-42(4)22-24)33(46)40-34-39-29-6-5-27(20-30(29)45(34)26-7-11-35(2,47)12-8-26)43-13-9-25(10-14-43)44-17-15-41(3)16-18-44/h5-6,19-22,25-26,47H,7-18H2,1-4H3,(H,39,40,46). The first-order valence-corrected chi connectivity index (χ1v) is 16.9. The predicted octanol–water partition coefficient (Wildman–Crippen LogP) is 4.61. The van der Waals surface area contributed by atoms with E-state index in [9.17, 15) is 9.90 Å². The highest BCUT2D eigenvalue weighted by Crippen LogP contribution is 2.39. The topological polar surface area (TPSA) is 108 Å². The summed E-state index contributed by atoms with van der Waals surface area (Å²) in [7, 11) is 3.95. The van der Waals surface area contributed by atoms with Crippen molar-refractivity contribution in [3.05, 3.63) is 53.7 Å². The van der Waals surface area contributed by atoms with Crippen molar-refractivity contribution < 1.29 is 14.3 Å². The highest BCUT2D eigenvalue weighted by atomic mass is 19.1. The van der Waals surface area contributed by atoms with Crippen LogP contribution in [0.3, 0.4) is 0 Å². The molecule has 3 aliphatic rings. The number of carbonyl (C=O) groups is 1. The van der Waals surface area contributed by atoms with Crippen LogP contribution < -0.4 is 10.2 Å². The Balaban J connectivity index is 1.18. The number of carbonyl (C=O) groups excluding carboxylic acids is 1. The minimum absolute atomic E-state index is 0.0312. The molecule has 5 heterocycles. The van der Waals surface area contributed by atoms with E-state index < -0.39 is 17.3 Å². The van der Waals surface area contributed by atoms with E-state index in [0.717, 1.165) is 81.7 Å². The number of hydrogen-bond donors (Lipinski definition) is 2. The van der Waals surface area contributed by atoms with Gasteiger partial charge in [0.05, 0.1) is 28.4 Å². The van der Waals surface area contributed by atoms with E-state index in [2.05, 4.69) is 53.8 Å². The van der Waals surface area contributed by atoms with Gasteiger partial charge in [0.2, 0.25) is 5.95 Å². The molecule has 0 atom stereocenters. The molecule has 3 fully saturated rings. The number of halogens is 1. The Hall–Kier alpha value is -3.87. The molecule has 0 radical (unpaired) electrons. The Labute approximate surface area is 275 Å². The lowest BCUT2D eigenvalue weighted by Gasteiger charge is -2.42. The van der Waals surface area contributed by atoms with Gasteiger partial charge in [-0.3, -0.25) is 19.7 Å². The van der Waals surface area contributed by atoms with Gasteiger partial charge in [0.1, 0.15) is 5.69 Å². The van der Waals surface area contributed by atoms with E-state index in [1.165, 1.54) is 12.3 Å². The Morgan fingerprint density at radius 2 is 1.70 bits per heavy atom. The van der Waals surface area contributed by atoms with E-state index in [-0.39, 0.29) is 17.3 Å². The van der Waals surface area contributed by atoms with Crippen LogP contribution >= 0.6 is 0 Å². The molecular formula is C35H46FN9O2. The molecule has 0 unspecified atom stereocenters. The van der Waals surface area contributed by atoms with E-state index in [4.69, 9.17) is 4.98 Å². The van der Waals surface area contributed by atoms with Gasteiger partial charge in [-0.15, -0.1) is 0 Å². The molecule has 250 valence electrons. The second-order valence-corrected chi connectivity index (χ2v) is 14.1. The number of nitrogens with one attached hydrogen (secondary N) is 1. The maximum Gasteiger partial charge on any atom is 0.261 e. The first kappa shape index (κ1) is 31.7. The van der Waals surface area contributed by atoms with Crippen LogP contribution in [0.2, 0.25) is 0 Å². The first-order valence-electron chi connectivity index (χ1n) is 16.9. The van der Waals surface area contributed by atoms with Crippen molar-refractivity contribution in [2.24, 2.45) is 7.05 Å². The third-order valence-corrected chi connectivity index (χ3v) is 10.5. The van der Waals surface area contributed by atoms with E-state index >= 15 is 4.39 Å². The fraction of sp³-hybridized carbons (Fsp3) is 0.543. The highest BCUT2D eigenvalue weighted by Gasteiger charge is 2.33. The van der Waals surface area contributed by atoms with Crippen molar-refractivity contribution in [3.63, 3.8) is 0 Å². The normalized spacial score (nSPS) is 23.4. The van der Waals surface area contributed by atoms with Crippen molar-refractivity contribution in [2.75, 3.05) is 56.5 Å². The molecule has 1 aliphatic carbocycles. The smallest absolute Gasteiger partial charge is 0.261 e. The largest absolute Gasteiger partial charge is 0.390 e. The number of aliphatic hydroxyl groups is 1. The molecule has 1 aromatic carbocycles. The van der Waals surface area contributed by atoms with Crippen molar-refractivity contribution in [1.29, 1.82) is 0 Å². The molecule has 1 amide bonds. The van der Waals surface area contributed by atoms with Crippen molar-refractivity contribution >= 4 is 28.6 Å². The molecule has 2 N–H and O–H groups in total. The number of benzene rings is 1. The second-order valence-electron chi connectivity index (χ2n) is 14.1.